The lowest BCUT2D eigenvalue weighted by Crippen LogP contribution is -2.58. The highest BCUT2D eigenvalue weighted by molar-refractivity contribution is 5.95. The van der Waals surface area contributed by atoms with Crippen LogP contribution in [0.2, 0.25) is 0 Å². The first-order valence-corrected chi connectivity index (χ1v) is 7.43. The molecule has 0 aromatic heterocycles. The third kappa shape index (κ3) is 4.29. The van der Waals surface area contributed by atoms with Crippen LogP contribution in [0, 0.1) is 0 Å². The van der Waals surface area contributed by atoms with Gasteiger partial charge in [0.25, 0.3) is 0 Å². The molecule has 0 spiro atoms. The van der Waals surface area contributed by atoms with E-state index in [0.717, 1.165) is 5.69 Å². The number of methoxy groups -OCH3 is 1. The lowest BCUT2D eigenvalue weighted by molar-refractivity contribution is -0.146. The summed E-state index contributed by atoms with van der Waals surface area (Å²) in [6.45, 7) is 1.04. The topological polar surface area (TPSA) is 79.0 Å². The van der Waals surface area contributed by atoms with Crippen LogP contribution in [0.4, 0.5) is 5.69 Å². The number of anilines is 1. The van der Waals surface area contributed by atoms with Gasteiger partial charge in [-0.05, 0) is 12.1 Å². The summed E-state index contributed by atoms with van der Waals surface area (Å²) in [6.07, 6.45) is -0.0648. The van der Waals surface area contributed by atoms with Crippen molar-refractivity contribution in [2.24, 2.45) is 0 Å². The lowest BCUT2D eigenvalue weighted by atomic mass is 10.1. The number of nitrogens with zero attached hydrogens (tertiary/aromatic N) is 2. The van der Waals surface area contributed by atoms with E-state index in [2.05, 4.69) is 10.1 Å². The summed E-state index contributed by atoms with van der Waals surface area (Å²) < 4.78 is 4.63. The number of ether oxygens (including phenoxy) is 1. The SMILES string of the molecule is COC(=O)CC1C(=O)NCCN1CC(=O)N(C)c1ccccc1. The Morgan fingerprint density at radius 3 is 2.70 bits per heavy atom. The average Bonchev–Trinajstić information content (AvgIpc) is 2.57. The maximum absolute atomic E-state index is 12.5. The first kappa shape index (κ1) is 17.0. The van der Waals surface area contributed by atoms with E-state index in [-0.39, 0.29) is 24.8 Å². The molecular weight excluding hydrogens is 298 g/mol. The molecule has 1 aromatic carbocycles. The molecule has 0 radical (unpaired) electrons. The molecule has 1 N–H and O–H groups in total. The van der Waals surface area contributed by atoms with Gasteiger partial charge in [0.15, 0.2) is 0 Å². The molecule has 0 saturated carbocycles. The molecule has 23 heavy (non-hydrogen) atoms. The van der Waals surface area contributed by atoms with E-state index in [4.69, 9.17) is 0 Å². The Morgan fingerprint density at radius 1 is 1.35 bits per heavy atom. The monoisotopic (exact) mass is 319 g/mol. The normalized spacial score (nSPS) is 18.2. The third-order valence-electron chi connectivity index (χ3n) is 3.89. The van der Waals surface area contributed by atoms with Crippen molar-refractivity contribution in [3.63, 3.8) is 0 Å². The third-order valence-corrected chi connectivity index (χ3v) is 3.89. The fourth-order valence-corrected chi connectivity index (χ4v) is 2.49. The van der Waals surface area contributed by atoms with Crippen molar-refractivity contribution in [2.45, 2.75) is 12.5 Å². The first-order chi connectivity index (χ1) is 11.0. The predicted octanol–water partition coefficient (Wildman–Crippen LogP) is 0.0129. The van der Waals surface area contributed by atoms with Crippen molar-refractivity contribution < 1.29 is 19.1 Å². The fraction of sp³-hybridized carbons (Fsp3) is 0.438. The van der Waals surface area contributed by atoms with Crippen molar-refractivity contribution in [3.8, 4) is 0 Å². The van der Waals surface area contributed by atoms with Gasteiger partial charge in [-0.25, -0.2) is 0 Å². The molecule has 1 atom stereocenters. The summed E-state index contributed by atoms with van der Waals surface area (Å²) in [7, 11) is 2.97. The summed E-state index contributed by atoms with van der Waals surface area (Å²) in [6, 6.07) is 8.59. The van der Waals surface area contributed by atoms with Crippen LogP contribution in [-0.2, 0) is 19.1 Å². The highest BCUT2D eigenvalue weighted by Gasteiger charge is 2.33. The van der Waals surface area contributed by atoms with E-state index in [9.17, 15) is 14.4 Å². The number of esters is 1. The van der Waals surface area contributed by atoms with Crippen LogP contribution in [0.25, 0.3) is 0 Å². The van der Waals surface area contributed by atoms with Gasteiger partial charge in [0.05, 0.1) is 20.1 Å². The number of rotatable bonds is 5. The molecule has 1 aliphatic rings. The van der Waals surface area contributed by atoms with E-state index in [1.54, 1.807) is 16.8 Å². The van der Waals surface area contributed by atoms with Gasteiger partial charge in [-0.3, -0.25) is 19.3 Å². The molecule has 1 unspecified atom stereocenters. The molecule has 7 nitrogen and oxygen atoms in total. The van der Waals surface area contributed by atoms with Crippen LogP contribution in [0.5, 0.6) is 0 Å². The number of piperazine rings is 1. The fourth-order valence-electron chi connectivity index (χ4n) is 2.49. The average molecular weight is 319 g/mol. The number of para-hydroxylation sites is 1. The van der Waals surface area contributed by atoms with E-state index in [1.807, 2.05) is 30.3 Å². The molecule has 7 heteroatoms. The molecule has 1 aromatic rings. The molecule has 1 fully saturated rings. The van der Waals surface area contributed by atoms with E-state index >= 15 is 0 Å². The zero-order valence-corrected chi connectivity index (χ0v) is 13.3. The van der Waals surface area contributed by atoms with Crippen LogP contribution >= 0.6 is 0 Å². The van der Waals surface area contributed by atoms with Crippen molar-refractivity contribution >= 4 is 23.5 Å². The summed E-state index contributed by atoms with van der Waals surface area (Å²) in [5, 5.41) is 2.71. The number of benzene rings is 1. The first-order valence-electron chi connectivity index (χ1n) is 7.43. The second-order valence-corrected chi connectivity index (χ2v) is 5.35. The van der Waals surface area contributed by atoms with Crippen LogP contribution in [0.1, 0.15) is 6.42 Å². The highest BCUT2D eigenvalue weighted by Crippen LogP contribution is 2.14. The minimum atomic E-state index is -0.677. The highest BCUT2D eigenvalue weighted by atomic mass is 16.5. The Bertz CT molecular complexity index is 576. The quantitative estimate of drug-likeness (QED) is 0.774. The maximum Gasteiger partial charge on any atom is 0.307 e. The van der Waals surface area contributed by atoms with Gasteiger partial charge in [0.1, 0.15) is 6.04 Å². The molecule has 1 saturated heterocycles. The molecule has 124 valence electrons. The van der Waals surface area contributed by atoms with Crippen LogP contribution < -0.4 is 10.2 Å². The molecule has 2 amide bonds. The number of carbonyl (C=O) groups is 3. The number of likely N-dealkylation sites (N-methyl/N-ethyl adjacent to an activating group) is 1. The molecule has 0 aliphatic carbocycles. The Morgan fingerprint density at radius 2 is 2.04 bits per heavy atom. The van der Waals surface area contributed by atoms with Crippen LogP contribution in [0.3, 0.4) is 0 Å². The second-order valence-electron chi connectivity index (χ2n) is 5.35. The van der Waals surface area contributed by atoms with Crippen LogP contribution in [0.15, 0.2) is 30.3 Å². The lowest BCUT2D eigenvalue weighted by Gasteiger charge is -2.34. The second kappa shape index (κ2) is 7.73. The summed E-state index contributed by atoms with van der Waals surface area (Å²) >= 11 is 0. The molecule has 1 aliphatic heterocycles. The summed E-state index contributed by atoms with van der Waals surface area (Å²) in [4.78, 5) is 39.2. The van der Waals surface area contributed by atoms with Gasteiger partial charge >= 0.3 is 5.97 Å². The largest absolute Gasteiger partial charge is 0.469 e. The molecule has 0 bridgehead atoms. The Kier molecular flexibility index (Phi) is 5.70. The van der Waals surface area contributed by atoms with Gasteiger partial charge < -0.3 is 15.0 Å². The molecule has 1 heterocycles. The number of nitrogens with one attached hydrogen (secondary N) is 1. The van der Waals surface area contributed by atoms with Gasteiger partial charge in [-0.1, -0.05) is 18.2 Å². The predicted molar refractivity (Wildman–Crippen MR) is 84.9 cm³/mol. The zero-order valence-electron chi connectivity index (χ0n) is 13.3. The minimum Gasteiger partial charge on any atom is -0.469 e. The van der Waals surface area contributed by atoms with Gasteiger partial charge in [-0.2, -0.15) is 0 Å². The van der Waals surface area contributed by atoms with Gasteiger partial charge in [0, 0.05) is 25.8 Å². The molecule has 2 rings (SSSR count). The zero-order chi connectivity index (χ0) is 16.8. The standard InChI is InChI=1S/C16H21N3O4/c1-18(12-6-4-3-5-7-12)14(20)11-19-9-8-17-16(22)13(19)10-15(21)23-2/h3-7,13H,8-11H2,1-2H3,(H,17,22). The number of hydrogen-bond donors (Lipinski definition) is 1. The molecular formula is C16H21N3O4. The van der Waals surface area contributed by atoms with Crippen molar-refractivity contribution in [2.75, 3.05) is 38.7 Å². The van der Waals surface area contributed by atoms with Crippen LogP contribution in [-0.4, -0.2) is 62.5 Å². The van der Waals surface area contributed by atoms with Crippen molar-refractivity contribution in [1.82, 2.24) is 10.2 Å². The Balaban J connectivity index is 2.04. The number of carbonyl (C=O) groups excluding carboxylic acids is 3. The minimum absolute atomic E-state index is 0.0648. The smallest absolute Gasteiger partial charge is 0.307 e. The number of hydrogen-bond acceptors (Lipinski definition) is 5. The van der Waals surface area contributed by atoms with Crippen molar-refractivity contribution in [3.05, 3.63) is 30.3 Å². The Labute approximate surface area is 135 Å². The van der Waals surface area contributed by atoms with Gasteiger partial charge in [0.2, 0.25) is 11.8 Å². The van der Waals surface area contributed by atoms with Gasteiger partial charge in [-0.15, -0.1) is 0 Å². The van der Waals surface area contributed by atoms with E-state index in [0.29, 0.717) is 13.1 Å². The van der Waals surface area contributed by atoms with Crippen molar-refractivity contribution in [1.29, 1.82) is 0 Å². The van der Waals surface area contributed by atoms with E-state index in [1.165, 1.54) is 7.11 Å². The number of amides is 2. The summed E-state index contributed by atoms with van der Waals surface area (Å²) in [5.74, 6) is -0.863. The van der Waals surface area contributed by atoms with E-state index < -0.39 is 12.0 Å². The summed E-state index contributed by atoms with van der Waals surface area (Å²) in [5.41, 5.74) is 0.781. The Hall–Kier alpha value is -2.41. The maximum atomic E-state index is 12.5.